The van der Waals surface area contributed by atoms with E-state index in [0.29, 0.717) is 24.8 Å². The van der Waals surface area contributed by atoms with Gasteiger partial charge in [-0.05, 0) is 36.8 Å². The van der Waals surface area contributed by atoms with Gasteiger partial charge in [-0.3, -0.25) is 4.72 Å². The van der Waals surface area contributed by atoms with E-state index in [4.69, 9.17) is 19.4 Å². The Morgan fingerprint density at radius 1 is 1.03 bits per heavy atom. The molecule has 9 nitrogen and oxygen atoms in total. The summed E-state index contributed by atoms with van der Waals surface area (Å²) in [5, 5.41) is 0. The molecule has 0 atom stereocenters. The van der Waals surface area contributed by atoms with Crippen molar-refractivity contribution in [3.63, 3.8) is 0 Å². The molecule has 0 unspecified atom stereocenters. The molecule has 1 aromatic heterocycles. The van der Waals surface area contributed by atoms with Crippen LogP contribution in [0.2, 0.25) is 0 Å². The zero-order valence-corrected chi connectivity index (χ0v) is 20.0. The third kappa shape index (κ3) is 4.64. The van der Waals surface area contributed by atoms with E-state index in [0.717, 1.165) is 66.4 Å². The van der Waals surface area contributed by atoms with Crippen LogP contribution in [0.1, 0.15) is 5.56 Å². The van der Waals surface area contributed by atoms with Crippen molar-refractivity contribution >= 4 is 33.2 Å². The van der Waals surface area contributed by atoms with E-state index < -0.39 is 10.0 Å². The van der Waals surface area contributed by atoms with Gasteiger partial charge in [0.05, 0.1) is 38.0 Å². The van der Waals surface area contributed by atoms with Gasteiger partial charge in [0.15, 0.2) is 0 Å². The number of nitrogens with one attached hydrogen (secondary N) is 1. The zero-order chi connectivity index (χ0) is 23.7. The summed E-state index contributed by atoms with van der Waals surface area (Å²) in [6, 6.07) is 15.3. The molecule has 2 aromatic carbocycles. The average Bonchev–Trinajstić information content (AvgIpc) is 3.27. The lowest BCUT2D eigenvalue weighted by molar-refractivity contribution is 0.122. The van der Waals surface area contributed by atoms with Crippen molar-refractivity contribution in [3.8, 4) is 17.0 Å². The Bertz CT molecular complexity index is 1310. The van der Waals surface area contributed by atoms with Gasteiger partial charge in [-0.2, -0.15) is 4.98 Å². The van der Waals surface area contributed by atoms with Crippen molar-refractivity contribution in [2.75, 3.05) is 60.7 Å². The van der Waals surface area contributed by atoms with E-state index in [1.54, 1.807) is 13.2 Å². The molecule has 5 rings (SSSR count). The molecule has 3 aromatic rings. The standard InChI is InChI=1S/C24H27N5O4S/c1-32-20-8-3-5-17(15-20)22-21-9-10-29(19-7-4-6-18(16-19)27-34(2,30)31)23(21)26-24(25-22)28-11-13-33-14-12-28/h3-8,15-16,27H,9-14H2,1-2H3. The minimum atomic E-state index is -3.37. The van der Waals surface area contributed by atoms with Crippen molar-refractivity contribution in [2.24, 2.45) is 0 Å². The highest BCUT2D eigenvalue weighted by Crippen LogP contribution is 2.40. The molecular weight excluding hydrogens is 454 g/mol. The highest BCUT2D eigenvalue weighted by molar-refractivity contribution is 7.92. The number of hydrogen-bond acceptors (Lipinski definition) is 8. The number of methoxy groups -OCH3 is 1. The Balaban J connectivity index is 1.61. The van der Waals surface area contributed by atoms with Crippen LogP contribution in [0.3, 0.4) is 0 Å². The largest absolute Gasteiger partial charge is 0.497 e. The molecule has 10 heteroatoms. The molecule has 0 spiro atoms. The van der Waals surface area contributed by atoms with Gasteiger partial charge in [0, 0.05) is 36.4 Å². The number of hydrogen-bond donors (Lipinski definition) is 1. The quantitative estimate of drug-likeness (QED) is 0.574. The van der Waals surface area contributed by atoms with Crippen molar-refractivity contribution in [2.45, 2.75) is 6.42 Å². The third-order valence-electron chi connectivity index (χ3n) is 5.91. The van der Waals surface area contributed by atoms with Crippen LogP contribution in [-0.4, -0.2) is 64.6 Å². The van der Waals surface area contributed by atoms with Gasteiger partial charge in [0.2, 0.25) is 16.0 Å². The summed E-state index contributed by atoms with van der Waals surface area (Å²) in [7, 11) is -1.72. The van der Waals surface area contributed by atoms with Crippen LogP contribution >= 0.6 is 0 Å². The maximum absolute atomic E-state index is 11.7. The monoisotopic (exact) mass is 481 g/mol. The summed E-state index contributed by atoms with van der Waals surface area (Å²) in [4.78, 5) is 14.2. The fourth-order valence-corrected chi connectivity index (χ4v) is 4.92. The Morgan fingerprint density at radius 2 is 1.82 bits per heavy atom. The van der Waals surface area contributed by atoms with Crippen LogP contribution in [0.5, 0.6) is 5.75 Å². The highest BCUT2D eigenvalue weighted by Gasteiger charge is 2.29. The molecule has 1 saturated heterocycles. The Kier molecular flexibility index (Phi) is 6.01. The van der Waals surface area contributed by atoms with Crippen LogP contribution in [0.4, 0.5) is 23.1 Å². The molecular formula is C24H27N5O4S. The van der Waals surface area contributed by atoms with Gasteiger partial charge < -0.3 is 19.3 Å². The predicted molar refractivity (Wildman–Crippen MR) is 133 cm³/mol. The van der Waals surface area contributed by atoms with Crippen molar-refractivity contribution in [1.29, 1.82) is 0 Å². The second-order valence-corrected chi connectivity index (χ2v) is 10.1. The zero-order valence-electron chi connectivity index (χ0n) is 19.2. The van der Waals surface area contributed by atoms with E-state index in [2.05, 4.69) is 14.5 Å². The van der Waals surface area contributed by atoms with Crippen molar-refractivity contribution < 1.29 is 17.9 Å². The summed E-state index contributed by atoms with van der Waals surface area (Å²) in [5.41, 5.74) is 4.31. The van der Waals surface area contributed by atoms with Crippen LogP contribution in [0.15, 0.2) is 48.5 Å². The van der Waals surface area contributed by atoms with Crippen LogP contribution in [-0.2, 0) is 21.2 Å². The van der Waals surface area contributed by atoms with Gasteiger partial charge >= 0.3 is 0 Å². The third-order valence-corrected chi connectivity index (χ3v) is 6.52. The fourth-order valence-electron chi connectivity index (χ4n) is 4.36. The summed E-state index contributed by atoms with van der Waals surface area (Å²) >= 11 is 0. The molecule has 1 N–H and O–H groups in total. The molecule has 34 heavy (non-hydrogen) atoms. The molecule has 0 amide bonds. The van der Waals surface area contributed by atoms with Gasteiger partial charge in [0.25, 0.3) is 0 Å². The number of sulfonamides is 1. The molecule has 0 aliphatic carbocycles. The molecule has 1 fully saturated rings. The lowest BCUT2D eigenvalue weighted by atomic mass is 10.1. The second-order valence-electron chi connectivity index (χ2n) is 8.33. The Morgan fingerprint density at radius 3 is 2.59 bits per heavy atom. The second kappa shape index (κ2) is 9.11. The summed E-state index contributed by atoms with van der Waals surface area (Å²) in [5.74, 6) is 2.27. The first kappa shape index (κ1) is 22.4. The molecule has 3 heterocycles. The number of fused-ring (bicyclic) bond motifs is 1. The van der Waals surface area contributed by atoms with Crippen LogP contribution in [0, 0.1) is 0 Å². The minimum absolute atomic E-state index is 0.518. The van der Waals surface area contributed by atoms with Gasteiger partial charge in [0.1, 0.15) is 11.6 Å². The van der Waals surface area contributed by atoms with E-state index in [1.807, 2.05) is 42.5 Å². The Labute approximate surface area is 199 Å². The van der Waals surface area contributed by atoms with Gasteiger partial charge in [-0.15, -0.1) is 0 Å². The van der Waals surface area contributed by atoms with Crippen LogP contribution in [0.25, 0.3) is 11.3 Å². The normalized spacial score (nSPS) is 15.8. The first-order valence-electron chi connectivity index (χ1n) is 11.1. The smallest absolute Gasteiger partial charge is 0.229 e. The molecule has 0 bridgehead atoms. The molecule has 0 radical (unpaired) electrons. The van der Waals surface area contributed by atoms with Gasteiger partial charge in [-0.1, -0.05) is 18.2 Å². The number of anilines is 4. The maximum Gasteiger partial charge on any atom is 0.229 e. The maximum atomic E-state index is 11.7. The first-order chi connectivity index (χ1) is 16.4. The number of benzene rings is 2. The Hall–Kier alpha value is -3.37. The minimum Gasteiger partial charge on any atom is -0.497 e. The summed E-state index contributed by atoms with van der Waals surface area (Å²) < 4.78 is 37.0. The molecule has 2 aliphatic heterocycles. The van der Waals surface area contributed by atoms with Gasteiger partial charge in [-0.25, -0.2) is 13.4 Å². The summed E-state index contributed by atoms with van der Waals surface area (Å²) in [6.45, 7) is 3.44. The number of ether oxygens (including phenoxy) is 2. The molecule has 2 aliphatic rings. The topological polar surface area (TPSA) is 96.9 Å². The van der Waals surface area contributed by atoms with Crippen molar-refractivity contribution in [1.82, 2.24) is 9.97 Å². The number of nitrogens with zero attached hydrogens (tertiary/aromatic N) is 4. The van der Waals surface area contributed by atoms with Crippen molar-refractivity contribution in [3.05, 3.63) is 54.1 Å². The van der Waals surface area contributed by atoms with E-state index in [-0.39, 0.29) is 0 Å². The average molecular weight is 482 g/mol. The predicted octanol–water partition coefficient (Wildman–Crippen LogP) is 3.05. The number of morpholine rings is 1. The van der Waals surface area contributed by atoms with E-state index in [9.17, 15) is 8.42 Å². The molecule has 0 saturated carbocycles. The SMILES string of the molecule is COc1cccc(-c2nc(N3CCOCC3)nc3c2CCN3c2cccc(NS(C)(=O)=O)c2)c1. The molecule has 178 valence electrons. The number of aromatic nitrogens is 2. The first-order valence-corrected chi connectivity index (χ1v) is 13.0. The highest BCUT2D eigenvalue weighted by atomic mass is 32.2. The summed E-state index contributed by atoms with van der Waals surface area (Å²) in [6.07, 6.45) is 1.92. The lowest BCUT2D eigenvalue weighted by Gasteiger charge is -2.28. The number of rotatable bonds is 6. The van der Waals surface area contributed by atoms with E-state index >= 15 is 0 Å². The fraction of sp³-hybridized carbons (Fsp3) is 0.333. The van der Waals surface area contributed by atoms with Crippen LogP contribution < -0.4 is 19.3 Å². The lowest BCUT2D eigenvalue weighted by Crippen LogP contribution is -2.37. The van der Waals surface area contributed by atoms with E-state index in [1.165, 1.54) is 0 Å².